The van der Waals surface area contributed by atoms with E-state index in [4.69, 9.17) is 5.11 Å². The first kappa shape index (κ1) is 13.1. The summed E-state index contributed by atoms with van der Waals surface area (Å²) in [6.07, 6.45) is 3.75. The normalized spacial score (nSPS) is 17.8. The van der Waals surface area contributed by atoms with Crippen molar-refractivity contribution in [2.45, 2.75) is 32.7 Å². The minimum absolute atomic E-state index is 0.440. The second-order valence-corrected chi connectivity index (χ2v) is 5.09. The third-order valence-corrected chi connectivity index (χ3v) is 3.93. The number of carboxylic acids is 1. The van der Waals surface area contributed by atoms with E-state index in [1.165, 1.54) is 19.3 Å². The molecule has 3 nitrogen and oxygen atoms in total. The fourth-order valence-electron chi connectivity index (χ4n) is 2.66. The highest BCUT2D eigenvalue weighted by Crippen LogP contribution is 2.22. The number of nitrogens with zero attached hydrogens (tertiary/aromatic N) is 1. The van der Waals surface area contributed by atoms with E-state index in [-0.39, 0.29) is 0 Å². The maximum atomic E-state index is 11.1. The highest BCUT2D eigenvalue weighted by molar-refractivity contribution is 5.89. The molecule has 0 spiro atoms. The van der Waals surface area contributed by atoms with Crippen LogP contribution in [0.3, 0.4) is 0 Å². The SMILES string of the molecule is CCC1CCN(Cc2ccccc2C(=O)O)CC1. The third kappa shape index (κ3) is 3.10. The van der Waals surface area contributed by atoms with Crippen LogP contribution in [0.2, 0.25) is 0 Å². The van der Waals surface area contributed by atoms with E-state index >= 15 is 0 Å². The van der Waals surface area contributed by atoms with Crippen LogP contribution in [0.5, 0.6) is 0 Å². The molecule has 0 unspecified atom stereocenters. The predicted molar refractivity (Wildman–Crippen MR) is 71.7 cm³/mol. The first-order chi connectivity index (χ1) is 8.70. The lowest BCUT2D eigenvalue weighted by Crippen LogP contribution is -2.33. The predicted octanol–water partition coefficient (Wildman–Crippen LogP) is 3.01. The van der Waals surface area contributed by atoms with Crippen LogP contribution in [0.1, 0.15) is 42.1 Å². The Morgan fingerprint density at radius 2 is 2.00 bits per heavy atom. The average Bonchev–Trinajstić information content (AvgIpc) is 2.40. The van der Waals surface area contributed by atoms with Gasteiger partial charge < -0.3 is 5.11 Å². The van der Waals surface area contributed by atoms with E-state index in [0.717, 1.165) is 31.1 Å². The molecule has 0 atom stereocenters. The van der Waals surface area contributed by atoms with Gasteiger partial charge in [0.05, 0.1) is 5.56 Å². The molecule has 3 heteroatoms. The molecule has 1 aliphatic heterocycles. The molecule has 1 aromatic rings. The maximum absolute atomic E-state index is 11.1. The van der Waals surface area contributed by atoms with Crippen molar-refractivity contribution >= 4 is 5.97 Å². The van der Waals surface area contributed by atoms with Gasteiger partial charge in [0.25, 0.3) is 0 Å². The second-order valence-electron chi connectivity index (χ2n) is 5.09. The molecular weight excluding hydrogens is 226 g/mol. The minimum atomic E-state index is -0.825. The van der Waals surface area contributed by atoms with Gasteiger partial charge in [-0.05, 0) is 43.5 Å². The Labute approximate surface area is 108 Å². The van der Waals surface area contributed by atoms with E-state index < -0.39 is 5.97 Å². The number of carbonyl (C=O) groups is 1. The summed E-state index contributed by atoms with van der Waals surface area (Å²) in [4.78, 5) is 13.5. The average molecular weight is 247 g/mol. The number of benzene rings is 1. The Bertz CT molecular complexity index is 409. The Hall–Kier alpha value is -1.35. The topological polar surface area (TPSA) is 40.5 Å². The van der Waals surface area contributed by atoms with E-state index in [1.54, 1.807) is 12.1 Å². The summed E-state index contributed by atoms with van der Waals surface area (Å²) in [5.41, 5.74) is 1.37. The number of hydrogen-bond donors (Lipinski definition) is 1. The number of piperidine rings is 1. The van der Waals surface area contributed by atoms with Gasteiger partial charge in [0.2, 0.25) is 0 Å². The highest BCUT2D eigenvalue weighted by Gasteiger charge is 2.19. The number of rotatable bonds is 4. The zero-order valence-corrected chi connectivity index (χ0v) is 10.9. The van der Waals surface area contributed by atoms with Crippen LogP contribution in [-0.4, -0.2) is 29.1 Å². The molecule has 98 valence electrons. The Balaban J connectivity index is 2.00. The van der Waals surface area contributed by atoms with Gasteiger partial charge >= 0.3 is 5.97 Å². The van der Waals surface area contributed by atoms with Gasteiger partial charge in [-0.3, -0.25) is 4.90 Å². The molecule has 18 heavy (non-hydrogen) atoms. The third-order valence-electron chi connectivity index (χ3n) is 3.93. The molecule has 1 saturated heterocycles. The molecule has 0 amide bonds. The van der Waals surface area contributed by atoms with Crippen molar-refractivity contribution in [1.82, 2.24) is 4.90 Å². The van der Waals surface area contributed by atoms with Crippen molar-refractivity contribution in [3.63, 3.8) is 0 Å². The molecule has 0 aromatic heterocycles. The maximum Gasteiger partial charge on any atom is 0.336 e. The van der Waals surface area contributed by atoms with Crippen LogP contribution in [0, 0.1) is 5.92 Å². The zero-order chi connectivity index (χ0) is 13.0. The van der Waals surface area contributed by atoms with Crippen LogP contribution in [-0.2, 0) is 6.54 Å². The zero-order valence-electron chi connectivity index (χ0n) is 10.9. The van der Waals surface area contributed by atoms with Crippen molar-refractivity contribution < 1.29 is 9.90 Å². The van der Waals surface area contributed by atoms with Gasteiger partial charge in [-0.1, -0.05) is 31.5 Å². The molecule has 2 rings (SSSR count). The summed E-state index contributed by atoms with van der Waals surface area (Å²) in [6, 6.07) is 7.32. The largest absolute Gasteiger partial charge is 0.478 e. The molecular formula is C15H21NO2. The summed E-state index contributed by atoms with van der Waals surface area (Å²) in [5.74, 6) is 0.0324. The summed E-state index contributed by atoms with van der Waals surface area (Å²) in [7, 11) is 0. The monoisotopic (exact) mass is 247 g/mol. The van der Waals surface area contributed by atoms with Gasteiger partial charge in [0.15, 0.2) is 0 Å². The lowest BCUT2D eigenvalue weighted by molar-refractivity contribution is 0.0693. The first-order valence-corrected chi connectivity index (χ1v) is 6.74. The van der Waals surface area contributed by atoms with E-state index in [9.17, 15) is 4.79 Å². The Morgan fingerprint density at radius 3 is 2.61 bits per heavy atom. The standard InChI is InChI=1S/C15H21NO2/c1-2-12-7-9-16(10-8-12)11-13-5-3-4-6-14(13)15(17)18/h3-6,12H,2,7-11H2,1H3,(H,17,18). The molecule has 0 bridgehead atoms. The molecule has 1 fully saturated rings. The number of likely N-dealkylation sites (tertiary alicyclic amines) is 1. The fraction of sp³-hybridized carbons (Fsp3) is 0.533. The second kappa shape index (κ2) is 6.01. The van der Waals surface area contributed by atoms with Gasteiger partial charge in [0.1, 0.15) is 0 Å². The first-order valence-electron chi connectivity index (χ1n) is 6.74. The van der Waals surface area contributed by atoms with Crippen LogP contribution in [0.4, 0.5) is 0 Å². The van der Waals surface area contributed by atoms with Crippen molar-refractivity contribution in [3.05, 3.63) is 35.4 Å². The molecule has 1 N–H and O–H groups in total. The van der Waals surface area contributed by atoms with Crippen LogP contribution >= 0.6 is 0 Å². The van der Waals surface area contributed by atoms with E-state index in [1.807, 2.05) is 12.1 Å². The molecule has 0 aliphatic carbocycles. The highest BCUT2D eigenvalue weighted by atomic mass is 16.4. The van der Waals surface area contributed by atoms with Gasteiger partial charge in [-0.15, -0.1) is 0 Å². The number of aromatic carboxylic acids is 1. The van der Waals surface area contributed by atoms with Crippen LogP contribution in [0.15, 0.2) is 24.3 Å². The van der Waals surface area contributed by atoms with Gasteiger partial charge in [0, 0.05) is 6.54 Å². The smallest absolute Gasteiger partial charge is 0.336 e. The Morgan fingerprint density at radius 1 is 1.33 bits per heavy atom. The minimum Gasteiger partial charge on any atom is -0.478 e. The number of hydrogen-bond acceptors (Lipinski definition) is 2. The number of carboxylic acid groups (broad SMARTS) is 1. The molecule has 0 radical (unpaired) electrons. The summed E-state index contributed by atoms with van der Waals surface area (Å²) in [5, 5.41) is 9.16. The quantitative estimate of drug-likeness (QED) is 0.889. The fourth-order valence-corrected chi connectivity index (χ4v) is 2.66. The molecule has 0 saturated carbocycles. The van der Waals surface area contributed by atoms with Crippen molar-refractivity contribution in [1.29, 1.82) is 0 Å². The van der Waals surface area contributed by atoms with E-state index in [0.29, 0.717) is 5.56 Å². The summed E-state index contributed by atoms with van der Waals surface area (Å²) >= 11 is 0. The lowest BCUT2D eigenvalue weighted by atomic mass is 9.94. The van der Waals surface area contributed by atoms with E-state index in [2.05, 4.69) is 11.8 Å². The van der Waals surface area contributed by atoms with Gasteiger partial charge in [-0.2, -0.15) is 0 Å². The molecule has 1 aromatic carbocycles. The van der Waals surface area contributed by atoms with Crippen LogP contribution in [0.25, 0.3) is 0 Å². The molecule has 1 heterocycles. The molecule has 1 aliphatic rings. The summed E-state index contributed by atoms with van der Waals surface area (Å²) < 4.78 is 0. The van der Waals surface area contributed by atoms with Crippen molar-refractivity contribution in [2.24, 2.45) is 5.92 Å². The van der Waals surface area contributed by atoms with Crippen molar-refractivity contribution in [2.75, 3.05) is 13.1 Å². The summed E-state index contributed by atoms with van der Waals surface area (Å²) in [6.45, 7) is 5.19. The lowest BCUT2D eigenvalue weighted by Gasteiger charge is -2.31. The van der Waals surface area contributed by atoms with Gasteiger partial charge in [-0.25, -0.2) is 4.79 Å². The van der Waals surface area contributed by atoms with Crippen LogP contribution < -0.4 is 0 Å². The van der Waals surface area contributed by atoms with Crippen molar-refractivity contribution in [3.8, 4) is 0 Å². The Kier molecular flexibility index (Phi) is 4.37.